The van der Waals surface area contributed by atoms with Crippen molar-refractivity contribution >= 4 is 22.8 Å². The number of aromatic amines is 1. The van der Waals surface area contributed by atoms with Crippen LogP contribution in [0.15, 0.2) is 30.3 Å². The Morgan fingerprint density at radius 3 is 2.82 bits per heavy atom. The number of carbonyl (C=O) groups excluding carboxylic acids is 1. The molecule has 1 saturated carbocycles. The van der Waals surface area contributed by atoms with Gasteiger partial charge in [-0.2, -0.15) is 0 Å². The second kappa shape index (κ2) is 5.48. The van der Waals surface area contributed by atoms with E-state index in [1.165, 1.54) is 0 Å². The summed E-state index contributed by atoms with van der Waals surface area (Å²) in [5.74, 6) is -1.61. The third-order valence-corrected chi connectivity index (χ3v) is 4.68. The van der Waals surface area contributed by atoms with Crippen molar-refractivity contribution in [3.8, 4) is 0 Å². The molecule has 3 N–H and O–H groups in total. The molecule has 0 bridgehead atoms. The van der Waals surface area contributed by atoms with Crippen LogP contribution in [0.5, 0.6) is 0 Å². The van der Waals surface area contributed by atoms with Gasteiger partial charge in [0.05, 0.1) is 11.5 Å². The van der Waals surface area contributed by atoms with Crippen LogP contribution in [0.1, 0.15) is 43.1 Å². The van der Waals surface area contributed by atoms with E-state index in [0.717, 1.165) is 23.7 Å². The summed E-state index contributed by atoms with van der Waals surface area (Å²) < 4.78 is 0. The summed E-state index contributed by atoms with van der Waals surface area (Å²) in [5.41, 5.74) is 0.673. The number of aliphatic carboxylic acids is 1. The lowest BCUT2D eigenvalue weighted by Crippen LogP contribution is -2.55. The summed E-state index contributed by atoms with van der Waals surface area (Å²) in [7, 11) is 0. The number of benzene rings is 1. The average Bonchev–Trinajstić information content (AvgIpc) is 2.91. The Morgan fingerprint density at radius 2 is 2.09 bits per heavy atom. The lowest BCUT2D eigenvalue weighted by molar-refractivity contribution is -0.145. The first-order valence-corrected chi connectivity index (χ1v) is 7.63. The molecular weight excluding hydrogens is 280 g/mol. The van der Waals surface area contributed by atoms with Gasteiger partial charge in [-0.25, -0.2) is 0 Å². The maximum absolute atomic E-state index is 12.5. The Balaban J connectivity index is 1.84. The molecule has 1 aliphatic carbocycles. The Kier molecular flexibility index (Phi) is 3.64. The minimum atomic E-state index is -0.834. The molecule has 2 unspecified atom stereocenters. The van der Waals surface area contributed by atoms with Crippen LogP contribution in [0.4, 0.5) is 0 Å². The van der Waals surface area contributed by atoms with Gasteiger partial charge >= 0.3 is 5.97 Å². The number of H-pyrrole nitrogens is 1. The highest BCUT2D eigenvalue weighted by atomic mass is 16.4. The van der Waals surface area contributed by atoms with Gasteiger partial charge in [-0.1, -0.05) is 31.0 Å². The number of fused-ring (bicyclic) bond motifs is 1. The molecule has 0 radical (unpaired) electrons. The molecule has 5 nitrogen and oxygen atoms in total. The van der Waals surface area contributed by atoms with Crippen LogP contribution in [0.3, 0.4) is 0 Å². The lowest BCUT2D eigenvalue weighted by Gasteiger charge is -2.39. The van der Waals surface area contributed by atoms with Gasteiger partial charge in [0.2, 0.25) is 0 Å². The summed E-state index contributed by atoms with van der Waals surface area (Å²) in [6, 6.07) is 9.47. The highest BCUT2D eigenvalue weighted by molar-refractivity contribution is 5.98. The first-order valence-electron chi connectivity index (χ1n) is 7.63. The van der Waals surface area contributed by atoms with E-state index in [9.17, 15) is 14.7 Å². The van der Waals surface area contributed by atoms with Crippen molar-refractivity contribution < 1.29 is 14.7 Å². The summed E-state index contributed by atoms with van der Waals surface area (Å²) in [4.78, 5) is 27.1. The van der Waals surface area contributed by atoms with E-state index in [4.69, 9.17) is 0 Å². The van der Waals surface area contributed by atoms with Gasteiger partial charge < -0.3 is 15.4 Å². The zero-order valence-electron chi connectivity index (χ0n) is 12.6. The molecule has 0 saturated heterocycles. The number of hydrogen-bond donors (Lipinski definition) is 3. The highest BCUT2D eigenvalue weighted by Crippen LogP contribution is 2.34. The number of carboxylic acids is 1. The van der Waals surface area contributed by atoms with E-state index >= 15 is 0 Å². The molecule has 116 valence electrons. The van der Waals surface area contributed by atoms with Crippen LogP contribution in [-0.4, -0.2) is 27.5 Å². The van der Waals surface area contributed by atoms with E-state index in [-0.39, 0.29) is 5.91 Å². The summed E-state index contributed by atoms with van der Waals surface area (Å²) in [5, 5.41) is 13.3. The highest BCUT2D eigenvalue weighted by Gasteiger charge is 2.42. The van der Waals surface area contributed by atoms with Crippen molar-refractivity contribution in [1.82, 2.24) is 10.3 Å². The minimum absolute atomic E-state index is 0.244. The monoisotopic (exact) mass is 300 g/mol. The Morgan fingerprint density at radius 1 is 1.32 bits per heavy atom. The number of hydrogen-bond acceptors (Lipinski definition) is 2. The maximum atomic E-state index is 12.5. The van der Waals surface area contributed by atoms with Crippen LogP contribution in [0.2, 0.25) is 0 Å². The van der Waals surface area contributed by atoms with Crippen molar-refractivity contribution in [3.63, 3.8) is 0 Å². The predicted molar refractivity (Wildman–Crippen MR) is 83.8 cm³/mol. The zero-order chi connectivity index (χ0) is 15.7. The topological polar surface area (TPSA) is 82.2 Å². The quantitative estimate of drug-likeness (QED) is 0.815. The fourth-order valence-corrected chi connectivity index (χ4v) is 3.40. The molecule has 1 aromatic heterocycles. The van der Waals surface area contributed by atoms with E-state index in [1.54, 1.807) is 6.07 Å². The maximum Gasteiger partial charge on any atom is 0.308 e. The number of amides is 1. The summed E-state index contributed by atoms with van der Waals surface area (Å²) in [6.45, 7) is 1.84. The molecule has 3 rings (SSSR count). The number of carboxylic acid groups (broad SMARTS) is 1. The number of rotatable bonds is 3. The van der Waals surface area contributed by atoms with Crippen LogP contribution in [-0.2, 0) is 4.79 Å². The molecule has 1 amide bonds. The molecule has 0 aliphatic heterocycles. The number of nitrogens with one attached hydrogen (secondary N) is 2. The molecule has 1 aromatic carbocycles. The Hall–Kier alpha value is -2.30. The molecule has 5 heteroatoms. The number of carbonyl (C=O) groups is 2. The van der Waals surface area contributed by atoms with Gasteiger partial charge in [-0.05, 0) is 31.9 Å². The second-order valence-corrected chi connectivity index (χ2v) is 6.28. The van der Waals surface area contributed by atoms with Crippen molar-refractivity contribution in [2.45, 2.75) is 38.1 Å². The molecule has 2 atom stereocenters. The van der Waals surface area contributed by atoms with E-state index in [1.807, 2.05) is 31.2 Å². The standard InChI is InChI=1S/C17H20N2O3/c1-17(9-5-4-7-12(17)16(21)22)19-15(20)14-10-11-6-2-3-8-13(11)18-14/h2-3,6,8,10,12,18H,4-5,7,9H2,1H3,(H,19,20)(H,21,22). The zero-order valence-corrected chi connectivity index (χ0v) is 12.6. The first kappa shape index (κ1) is 14.6. The lowest BCUT2D eigenvalue weighted by atomic mass is 9.74. The fourth-order valence-electron chi connectivity index (χ4n) is 3.40. The van der Waals surface area contributed by atoms with Gasteiger partial charge in [0.25, 0.3) is 5.91 Å². The predicted octanol–water partition coefficient (Wildman–Crippen LogP) is 2.93. The SMILES string of the molecule is CC1(NC(=O)c2cc3ccccc3[nH]2)CCCCC1C(=O)O. The molecule has 0 spiro atoms. The van der Waals surface area contributed by atoms with E-state index in [0.29, 0.717) is 18.5 Å². The van der Waals surface area contributed by atoms with Crippen molar-refractivity contribution in [3.05, 3.63) is 36.0 Å². The van der Waals surface area contributed by atoms with E-state index < -0.39 is 17.4 Å². The number of aromatic nitrogens is 1. The molecule has 1 fully saturated rings. The Labute approximate surface area is 128 Å². The Bertz CT molecular complexity index is 689. The third kappa shape index (κ3) is 2.58. The third-order valence-electron chi connectivity index (χ3n) is 4.68. The summed E-state index contributed by atoms with van der Waals surface area (Å²) in [6.07, 6.45) is 3.14. The van der Waals surface area contributed by atoms with Gasteiger partial charge in [0, 0.05) is 10.9 Å². The van der Waals surface area contributed by atoms with Gasteiger partial charge in [-0.3, -0.25) is 9.59 Å². The van der Waals surface area contributed by atoms with Crippen LogP contribution >= 0.6 is 0 Å². The smallest absolute Gasteiger partial charge is 0.308 e. The molecule has 1 heterocycles. The van der Waals surface area contributed by atoms with Crippen LogP contribution in [0, 0.1) is 5.92 Å². The van der Waals surface area contributed by atoms with Gasteiger partial charge in [0.15, 0.2) is 0 Å². The minimum Gasteiger partial charge on any atom is -0.481 e. The molecule has 1 aliphatic rings. The van der Waals surface area contributed by atoms with Crippen LogP contribution in [0.25, 0.3) is 10.9 Å². The summed E-state index contributed by atoms with van der Waals surface area (Å²) >= 11 is 0. The second-order valence-electron chi connectivity index (χ2n) is 6.28. The fraction of sp³-hybridized carbons (Fsp3) is 0.412. The number of para-hydroxylation sites is 1. The van der Waals surface area contributed by atoms with Crippen molar-refractivity contribution in [2.75, 3.05) is 0 Å². The molecule has 22 heavy (non-hydrogen) atoms. The largest absolute Gasteiger partial charge is 0.481 e. The van der Waals surface area contributed by atoms with Crippen molar-refractivity contribution in [1.29, 1.82) is 0 Å². The molecular formula is C17H20N2O3. The van der Waals surface area contributed by atoms with E-state index in [2.05, 4.69) is 10.3 Å². The normalized spacial score (nSPS) is 25.0. The molecule has 2 aromatic rings. The average molecular weight is 300 g/mol. The van der Waals surface area contributed by atoms with Gasteiger partial charge in [0.1, 0.15) is 5.69 Å². The first-order chi connectivity index (χ1) is 10.5. The van der Waals surface area contributed by atoms with Crippen molar-refractivity contribution in [2.24, 2.45) is 5.92 Å². The van der Waals surface area contributed by atoms with Gasteiger partial charge in [-0.15, -0.1) is 0 Å². The van der Waals surface area contributed by atoms with Crippen LogP contribution < -0.4 is 5.32 Å².